The van der Waals surface area contributed by atoms with Crippen molar-refractivity contribution in [3.05, 3.63) is 53.8 Å². The fraction of sp³-hybridized carbons (Fsp3) is 0.278. The molecule has 3 aromatic rings. The summed E-state index contributed by atoms with van der Waals surface area (Å²) >= 11 is 1.42. The van der Waals surface area contributed by atoms with Crippen molar-refractivity contribution in [1.29, 1.82) is 0 Å². The van der Waals surface area contributed by atoms with Crippen LogP contribution in [0.3, 0.4) is 0 Å². The van der Waals surface area contributed by atoms with Crippen LogP contribution in [0.25, 0.3) is 11.6 Å². The minimum Gasteiger partial charge on any atom is -0.461 e. The van der Waals surface area contributed by atoms with Crippen LogP contribution in [-0.2, 0) is 6.54 Å². The zero-order chi connectivity index (χ0) is 17.1. The first kappa shape index (κ1) is 16.5. The summed E-state index contributed by atoms with van der Waals surface area (Å²) in [6, 6.07) is 11.3. The van der Waals surface area contributed by atoms with Gasteiger partial charge in [-0.2, -0.15) is 0 Å². The van der Waals surface area contributed by atoms with Gasteiger partial charge < -0.3 is 4.42 Å². The summed E-state index contributed by atoms with van der Waals surface area (Å²) < 4.78 is 7.37. The Morgan fingerprint density at radius 3 is 2.62 bits per heavy atom. The lowest BCUT2D eigenvalue weighted by atomic mass is 10.1. The zero-order valence-electron chi connectivity index (χ0n) is 13.9. The number of benzene rings is 1. The van der Waals surface area contributed by atoms with Gasteiger partial charge in [0, 0.05) is 12.1 Å². The number of rotatable bonds is 6. The monoisotopic (exact) mass is 341 g/mol. The van der Waals surface area contributed by atoms with Gasteiger partial charge in [-0.05, 0) is 32.9 Å². The van der Waals surface area contributed by atoms with E-state index in [0.717, 1.165) is 16.3 Å². The minimum absolute atomic E-state index is 0.0881. The van der Waals surface area contributed by atoms with Crippen LogP contribution >= 0.6 is 11.8 Å². The number of carbonyl (C=O) groups excluding carboxylic acids is 1. The van der Waals surface area contributed by atoms with E-state index in [4.69, 9.17) is 4.42 Å². The van der Waals surface area contributed by atoms with E-state index in [1.807, 2.05) is 61.7 Å². The van der Waals surface area contributed by atoms with Gasteiger partial charge in [-0.25, -0.2) is 0 Å². The standard InChI is InChI=1S/C18H19N3O2S/c1-4-21-17(15-6-5-11-23-15)19-20-18(21)24-13(3)16(22)14-9-7-12(2)8-10-14/h5-11,13H,4H2,1-3H3/t13-/m1/s1. The molecule has 0 radical (unpaired) electrons. The number of hydrogen-bond donors (Lipinski definition) is 0. The van der Waals surface area contributed by atoms with E-state index in [1.54, 1.807) is 6.26 Å². The number of hydrogen-bond acceptors (Lipinski definition) is 5. The number of Topliss-reactive ketones (excluding diaryl/α,β-unsaturated/α-hetero) is 1. The van der Waals surface area contributed by atoms with Gasteiger partial charge in [-0.1, -0.05) is 41.6 Å². The zero-order valence-corrected chi connectivity index (χ0v) is 14.7. The molecule has 0 saturated heterocycles. The van der Waals surface area contributed by atoms with Crippen molar-refractivity contribution in [2.45, 2.75) is 37.7 Å². The Balaban J connectivity index is 1.80. The molecule has 0 amide bonds. The van der Waals surface area contributed by atoms with Crippen LogP contribution in [0.5, 0.6) is 0 Å². The predicted molar refractivity (Wildman–Crippen MR) is 94.2 cm³/mol. The van der Waals surface area contributed by atoms with Crippen molar-refractivity contribution in [3.8, 4) is 11.6 Å². The van der Waals surface area contributed by atoms with E-state index in [0.29, 0.717) is 18.1 Å². The van der Waals surface area contributed by atoms with Crippen LogP contribution in [0.4, 0.5) is 0 Å². The van der Waals surface area contributed by atoms with Crippen LogP contribution in [-0.4, -0.2) is 25.8 Å². The first-order valence-corrected chi connectivity index (χ1v) is 8.72. The molecule has 0 fully saturated rings. The highest BCUT2D eigenvalue weighted by Crippen LogP contribution is 2.28. The van der Waals surface area contributed by atoms with Gasteiger partial charge in [0.2, 0.25) is 0 Å². The number of carbonyl (C=O) groups is 1. The number of ketones is 1. The summed E-state index contributed by atoms with van der Waals surface area (Å²) in [5, 5.41) is 8.93. The lowest BCUT2D eigenvalue weighted by Crippen LogP contribution is -2.14. The first-order valence-electron chi connectivity index (χ1n) is 7.84. The highest BCUT2D eigenvalue weighted by Gasteiger charge is 2.21. The molecule has 0 spiro atoms. The molecule has 124 valence electrons. The maximum absolute atomic E-state index is 12.6. The third-order valence-corrected chi connectivity index (χ3v) is 4.84. The van der Waals surface area contributed by atoms with Gasteiger partial charge in [0.15, 0.2) is 22.5 Å². The van der Waals surface area contributed by atoms with E-state index in [2.05, 4.69) is 10.2 Å². The van der Waals surface area contributed by atoms with Crippen molar-refractivity contribution < 1.29 is 9.21 Å². The Morgan fingerprint density at radius 1 is 1.25 bits per heavy atom. The predicted octanol–water partition coefficient (Wildman–Crippen LogP) is 4.23. The van der Waals surface area contributed by atoms with Crippen molar-refractivity contribution >= 4 is 17.5 Å². The molecule has 5 nitrogen and oxygen atoms in total. The summed E-state index contributed by atoms with van der Waals surface area (Å²) in [5.41, 5.74) is 1.86. The van der Waals surface area contributed by atoms with Crippen LogP contribution < -0.4 is 0 Å². The molecule has 2 heterocycles. The summed E-state index contributed by atoms with van der Waals surface area (Å²) in [5.74, 6) is 1.44. The summed E-state index contributed by atoms with van der Waals surface area (Å²) in [4.78, 5) is 12.6. The molecule has 0 unspecified atom stereocenters. The Bertz CT molecular complexity index is 823. The van der Waals surface area contributed by atoms with E-state index in [1.165, 1.54) is 11.8 Å². The van der Waals surface area contributed by atoms with Gasteiger partial charge in [0.25, 0.3) is 0 Å². The molecule has 0 N–H and O–H groups in total. The molecule has 1 aromatic carbocycles. The van der Waals surface area contributed by atoms with Crippen LogP contribution in [0, 0.1) is 6.92 Å². The fourth-order valence-corrected chi connectivity index (χ4v) is 3.40. The van der Waals surface area contributed by atoms with Gasteiger partial charge in [-0.15, -0.1) is 10.2 Å². The van der Waals surface area contributed by atoms with Crippen molar-refractivity contribution in [3.63, 3.8) is 0 Å². The molecular formula is C18H19N3O2S. The second-order valence-corrected chi connectivity index (χ2v) is 6.83. The number of furan rings is 1. The van der Waals surface area contributed by atoms with E-state index in [-0.39, 0.29) is 11.0 Å². The molecule has 0 aliphatic rings. The molecule has 0 aliphatic heterocycles. The molecular weight excluding hydrogens is 322 g/mol. The topological polar surface area (TPSA) is 60.9 Å². The SMILES string of the molecule is CCn1c(S[C@H](C)C(=O)c2ccc(C)cc2)nnc1-c1ccco1. The van der Waals surface area contributed by atoms with Crippen LogP contribution in [0.15, 0.2) is 52.2 Å². The van der Waals surface area contributed by atoms with Gasteiger partial charge in [-0.3, -0.25) is 9.36 Å². The van der Waals surface area contributed by atoms with Crippen LogP contribution in [0.1, 0.15) is 29.8 Å². The molecule has 0 bridgehead atoms. The van der Waals surface area contributed by atoms with Crippen LogP contribution in [0.2, 0.25) is 0 Å². The largest absolute Gasteiger partial charge is 0.461 e. The minimum atomic E-state index is -0.244. The molecule has 0 saturated carbocycles. The molecule has 0 aliphatic carbocycles. The van der Waals surface area contributed by atoms with Crippen molar-refractivity contribution in [1.82, 2.24) is 14.8 Å². The lowest BCUT2D eigenvalue weighted by molar-refractivity contribution is 0.0994. The number of aryl methyl sites for hydroxylation is 1. The van der Waals surface area contributed by atoms with E-state index < -0.39 is 0 Å². The van der Waals surface area contributed by atoms with E-state index in [9.17, 15) is 4.79 Å². The van der Waals surface area contributed by atoms with Crippen molar-refractivity contribution in [2.75, 3.05) is 0 Å². The smallest absolute Gasteiger partial charge is 0.200 e. The third-order valence-electron chi connectivity index (χ3n) is 3.76. The number of nitrogens with zero attached hydrogens (tertiary/aromatic N) is 3. The fourth-order valence-electron chi connectivity index (χ4n) is 2.41. The Labute approximate surface area is 145 Å². The molecule has 24 heavy (non-hydrogen) atoms. The molecule has 1 atom stereocenters. The third kappa shape index (κ3) is 3.28. The Morgan fingerprint density at radius 2 is 2.00 bits per heavy atom. The number of aromatic nitrogens is 3. The van der Waals surface area contributed by atoms with E-state index >= 15 is 0 Å². The highest BCUT2D eigenvalue weighted by molar-refractivity contribution is 8.00. The molecule has 3 rings (SSSR count). The summed E-state index contributed by atoms with van der Waals surface area (Å²) in [6.45, 7) is 6.63. The highest BCUT2D eigenvalue weighted by atomic mass is 32.2. The Hall–Kier alpha value is -2.34. The quantitative estimate of drug-likeness (QED) is 0.496. The van der Waals surface area contributed by atoms with Gasteiger partial charge in [0.05, 0.1) is 11.5 Å². The van der Waals surface area contributed by atoms with Crippen molar-refractivity contribution in [2.24, 2.45) is 0 Å². The average molecular weight is 341 g/mol. The average Bonchev–Trinajstić information content (AvgIpc) is 3.23. The maximum atomic E-state index is 12.6. The second kappa shape index (κ2) is 7.05. The lowest BCUT2D eigenvalue weighted by Gasteiger charge is -2.11. The molecule has 2 aromatic heterocycles. The molecule has 6 heteroatoms. The summed E-state index contributed by atoms with van der Waals surface area (Å²) in [6.07, 6.45) is 1.61. The summed E-state index contributed by atoms with van der Waals surface area (Å²) in [7, 11) is 0. The Kier molecular flexibility index (Phi) is 4.85. The maximum Gasteiger partial charge on any atom is 0.200 e. The van der Waals surface area contributed by atoms with Gasteiger partial charge in [0.1, 0.15) is 0 Å². The first-order chi connectivity index (χ1) is 11.6. The number of thioether (sulfide) groups is 1. The van der Waals surface area contributed by atoms with Gasteiger partial charge >= 0.3 is 0 Å². The second-order valence-electron chi connectivity index (χ2n) is 5.52. The normalized spacial score (nSPS) is 12.3.